The van der Waals surface area contributed by atoms with Crippen LogP contribution in [-0.2, 0) is 39.6 Å². The standard InChI is InChI=1S/C24H29N5O4S/c1-27(2)34(32,33)19-10-11-21-20(15-19)26-22(28(21)3)12-13-23(30)25-16-17-6-8-18(9-7-17)29-14-4-5-24(29)31/h6-11,15H,4-5,12-14,16H2,1-3H3,(H,25,30). The molecule has 1 aliphatic rings. The third-order valence-corrected chi connectivity index (χ3v) is 7.92. The van der Waals surface area contributed by atoms with E-state index in [2.05, 4.69) is 10.3 Å². The van der Waals surface area contributed by atoms with E-state index in [1.54, 1.807) is 23.1 Å². The fourth-order valence-electron chi connectivity index (χ4n) is 4.05. The van der Waals surface area contributed by atoms with Gasteiger partial charge in [0, 0.05) is 59.2 Å². The Bertz CT molecular complexity index is 1330. The molecule has 1 saturated heterocycles. The van der Waals surface area contributed by atoms with Crippen molar-refractivity contribution in [1.82, 2.24) is 19.2 Å². The van der Waals surface area contributed by atoms with Crippen molar-refractivity contribution in [2.24, 2.45) is 7.05 Å². The minimum absolute atomic E-state index is 0.0956. The second kappa shape index (κ2) is 9.55. The van der Waals surface area contributed by atoms with Gasteiger partial charge in [-0.15, -0.1) is 0 Å². The summed E-state index contributed by atoms with van der Waals surface area (Å²) in [6.07, 6.45) is 2.18. The summed E-state index contributed by atoms with van der Waals surface area (Å²) in [6.45, 7) is 1.16. The number of hydrogen-bond acceptors (Lipinski definition) is 5. The van der Waals surface area contributed by atoms with Crippen molar-refractivity contribution in [3.63, 3.8) is 0 Å². The average molecular weight is 484 g/mol. The SMILES string of the molecule is CN(C)S(=O)(=O)c1ccc2c(c1)nc(CCC(=O)NCc1ccc(N3CCCC3=O)cc1)n2C. The molecule has 0 atom stereocenters. The van der Waals surface area contributed by atoms with E-state index in [4.69, 9.17) is 0 Å². The summed E-state index contributed by atoms with van der Waals surface area (Å²) in [4.78, 5) is 30.8. The number of carbonyl (C=O) groups is 2. The molecule has 9 nitrogen and oxygen atoms in total. The van der Waals surface area contributed by atoms with E-state index in [9.17, 15) is 18.0 Å². The van der Waals surface area contributed by atoms with Crippen molar-refractivity contribution in [2.75, 3.05) is 25.5 Å². The second-order valence-corrected chi connectivity index (χ2v) is 10.8. The van der Waals surface area contributed by atoms with E-state index < -0.39 is 10.0 Å². The summed E-state index contributed by atoms with van der Waals surface area (Å²) in [6, 6.07) is 12.5. The van der Waals surface area contributed by atoms with Crippen LogP contribution < -0.4 is 10.2 Å². The molecule has 10 heteroatoms. The van der Waals surface area contributed by atoms with Crippen LogP contribution in [-0.4, -0.2) is 54.7 Å². The maximum Gasteiger partial charge on any atom is 0.242 e. The lowest BCUT2D eigenvalue weighted by Crippen LogP contribution is -2.24. The zero-order valence-corrected chi connectivity index (χ0v) is 20.4. The van der Waals surface area contributed by atoms with Gasteiger partial charge in [0.2, 0.25) is 21.8 Å². The predicted molar refractivity (Wildman–Crippen MR) is 130 cm³/mol. The molecule has 1 aromatic heterocycles. The zero-order valence-electron chi connectivity index (χ0n) is 19.6. The first-order chi connectivity index (χ1) is 16.2. The van der Waals surface area contributed by atoms with Crippen LogP contribution in [0.5, 0.6) is 0 Å². The molecule has 1 aliphatic heterocycles. The fraction of sp³-hybridized carbons (Fsp3) is 0.375. The number of rotatable bonds is 8. The molecule has 2 heterocycles. The molecule has 0 radical (unpaired) electrons. The number of hydrogen-bond donors (Lipinski definition) is 1. The Labute approximate surface area is 199 Å². The highest BCUT2D eigenvalue weighted by Gasteiger charge is 2.21. The molecule has 1 N–H and O–H groups in total. The first-order valence-corrected chi connectivity index (χ1v) is 12.6. The first-order valence-electron chi connectivity index (χ1n) is 11.2. The Hall–Kier alpha value is -3.24. The molecule has 4 rings (SSSR count). The van der Waals surface area contributed by atoms with Gasteiger partial charge in [0.25, 0.3) is 0 Å². The van der Waals surface area contributed by atoms with Gasteiger partial charge in [-0.2, -0.15) is 0 Å². The van der Waals surface area contributed by atoms with Gasteiger partial charge in [0.05, 0.1) is 15.9 Å². The van der Waals surface area contributed by atoms with Gasteiger partial charge in [-0.1, -0.05) is 12.1 Å². The molecule has 34 heavy (non-hydrogen) atoms. The van der Waals surface area contributed by atoms with Crippen molar-refractivity contribution < 1.29 is 18.0 Å². The van der Waals surface area contributed by atoms with E-state index in [-0.39, 0.29) is 23.1 Å². The third-order valence-electron chi connectivity index (χ3n) is 6.11. The van der Waals surface area contributed by atoms with E-state index in [1.807, 2.05) is 35.9 Å². The minimum Gasteiger partial charge on any atom is -0.352 e. The number of benzene rings is 2. The van der Waals surface area contributed by atoms with E-state index in [1.165, 1.54) is 18.4 Å². The molecule has 0 aliphatic carbocycles. The van der Waals surface area contributed by atoms with Crippen LogP contribution in [0.4, 0.5) is 5.69 Å². The minimum atomic E-state index is -3.54. The average Bonchev–Trinajstić information content (AvgIpc) is 3.39. The van der Waals surface area contributed by atoms with Gasteiger partial charge in [-0.25, -0.2) is 17.7 Å². The number of imidazole rings is 1. The second-order valence-electron chi connectivity index (χ2n) is 8.62. The number of amides is 2. The van der Waals surface area contributed by atoms with Crippen LogP contribution in [0.1, 0.15) is 30.7 Å². The lowest BCUT2D eigenvalue weighted by molar-refractivity contribution is -0.121. The van der Waals surface area contributed by atoms with Gasteiger partial charge < -0.3 is 14.8 Å². The highest BCUT2D eigenvalue weighted by molar-refractivity contribution is 7.89. The quantitative estimate of drug-likeness (QED) is 0.529. The van der Waals surface area contributed by atoms with Crippen LogP contribution in [0.2, 0.25) is 0 Å². The molecule has 0 bridgehead atoms. The molecule has 2 aromatic carbocycles. The monoisotopic (exact) mass is 483 g/mol. The normalized spacial score (nSPS) is 14.4. The summed E-state index contributed by atoms with van der Waals surface area (Å²) in [5.74, 6) is 0.768. The number of anilines is 1. The summed E-state index contributed by atoms with van der Waals surface area (Å²) in [7, 11) is 1.30. The highest BCUT2D eigenvalue weighted by Crippen LogP contribution is 2.23. The first kappa shape index (κ1) is 23.9. The predicted octanol–water partition coefficient (Wildman–Crippen LogP) is 2.20. The Morgan fingerprint density at radius 2 is 1.88 bits per heavy atom. The number of aryl methyl sites for hydroxylation is 2. The number of sulfonamides is 1. The highest BCUT2D eigenvalue weighted by atomic mass is 32.2. The van der Waals surface area contributed by atoms with Gasteiger partial charge in [0.15, 0.2) is 0 Å². The Balaban J connectivity index is 1.35. The number of aromatic nitrogens is 2. The maximum absolute atomic E-state index is 12.4. The summed E-state index contributed by atoms with van der Waals surface area (Å²) in [5, 5.41) is 2.92. The van der Waals surface area contributed by atoms with Gasteiger partial charge in [-0.05, 0) is 42.3 Å². The lowest BCUT2D eigenvalue weighted by Gasteiger charge is -2.16. The number of carbonyl (C=O) groups excluding carboxylic acids is 2. The molecule has 0 spiro atoms. The number of nitrogens with zero attached hydrogens (tertiary/aromatic N) is 4. The Kier molecular flexibility index (Phi) is 6.72. The third kappa shape index (κ3) is 4.83. The smallest absolute Gasteiger partial charge is 0.242 e. The summed E-state index contributed by atoms with van der Waals surface area (Å²) < 4.78 is 27.8. The van der Waals surface area contributed by atoms with Crippen molar-refractivity contribution in [3.8, 4) is 0 Å². The van der Waals surface area contributed by atoms with Crippen molar-refractivity contribution in [1.29, 1.82) is 0 Å². The van der Waals surface area contributed by atoms with Gasteiger partial charge in [-0.3, -0.25) is 9.59 Å². The molecule has 3 aromatic rings. The van der Waals surface area contributed by atoms with E-state index in [0.29, 0.717) is 30.7 Å². The molecular formula is C24H29N5O4S. The van der Waals surface area contributed by atoms with Crippen molar-refractivity contribution in [3.05, 3.63) is 53.9 Å². The van der Waals surface area contributed by atoms with Gasteiger partial charge in [0.1, 0.15) is 5.82 Å². The van der Waals surface area contributed by atoms with Gasteiger partial charge >= 0.3 is 0 Å². The van der Waals surface area contributed by atoms with Crippen LogP contribution in [0.15, 0.2) is 47.4 Å². The maximum atomic E-state index is 12.4. The molecule has 1 fully saturated rings. The van der Waals surface area contributed by atoms with E-state index in [0.717, 1.165) is 29.7 Å². The molecule has 180 valence electrons. The molecule has 0 unspecified atom stereocenters. The Morgan fingerprint density at radius 3 is 2.53 bits per heavy atom. The Morgan fingerprint density at radius 1 is 1.15 bits per heavy atom. The molecule has 2 amide bonds. The fourth-order valence-corrected chi connectivity index (χ4v) is 4.98. The van der Waals surface area contributed by atoms with Crippen molar-refractivity contribution in [2.45, 2.75) is 37.1 Å². The van der Waals surface area contributed by atoms with Crippen LogP contribution in [0, 0.1) is 0 Å². The number of nitrogens with one attached hydrogen (secondary N) is 1. The van der Waals surface area contributed by atoms with Crippen LogP contribution in [0.25, 0.3) is 11.0 Å². The number of fused-ring (bicyclic) bond motifs is 1. The van der Waals surface area contributed by atoms with E-state index >= 15 is 0 Å². The molecular weight excluding hydrogens is 454 g/mol. The largest absolute Gasteiger partial charge is 0.352 e. The summed E-state index contributed by atoms with van der Waals surface area (Å²) in [5.41, 5.74) is 3.24. The van der Waals surface area contributed by atoms with Crippen molar-refractivity contribution >= 4 is 38.6 Å². The van der Waals surface area contributed by atoms with Crippen LogP contribution >= 0.6 is 0 Å². The topological polar surface area (TPSA) is 105 Å². The lowest BCUT2D eigenvalue weighted by atomic mass is 10.2. The van der Waals surface area contributed by atoms with Crippen LogP contribution in [0.3, 0.4) is 0 Å². The zero-order chi connectivity index (χ0) is 24.5. The molecule has 0 saturated carbocycles. The summed E-state index contributed by atoms with van der Waals surface area (Å²) >= 11 is 0.